The van der Waals surface area contributed by atoms with E-state index in [1.807, 2.05) is 48.1 Å². The number of fused-ring (bicyclic) bond motifs is 2. The minimum absolute atomic E-state index is 0.331. The molecule has 1 aromatic heterocycles. The van der Waals surface area contributed by atoms with Crippen LogP contribution in [0.5, 0.6) is 0 Å². The van der Waals surface area contributed by atoms with E-state index in [-0.39, 0.29) is 0 Å². The topological polar surface area (TPSA) is 82.1 Å². The molecule has 5 heterocycles. The van der Waals surface area contributed by atoms with E-state index in [9.17, 15) is 0 Å². The molecule has 7 nitrogen and oxygen atoms in total. The molecule has 1 unspecified atom stereocenters. The first-order valence-corrected chi connectivity index (χ1v) is 14.0. The van der Waals surface area contributed by atoms with Gasteiger partial charge in [0.15, 0.2) is 0 Å². The van der Waals surface area contributed by atoms with Crippen molar-refractivity contribution in [3.8, 4) is 0 Å². The number of likely N-dealkylation sites (tertiary alicyclic amines) is 1. The average Bonchev–Trinajstić information content (AvgIpc) is 3.33. The van der Waals surface area contributed by atoms with Crippen molar-refractivity contribution in [1.82, 2.24) is 20.1 Å². The van der Waals surface area contributed by atoms with Gasteiger partial charge < -0.3 is 20.9 Å². The standard InChI is InChI=1S/C25H28ClN7S2/c1-15-30-16-13-25(14-19(16)34-15)7-11-33(12-8-25)21-6-10-29-24-18(3-4-20(31-21)32(24)2)35-17-5-9-28-23(27)22(17)26/h3-6,9-10,15,30H,7-8,11-14H2,1-2H3,(H2,27,28). The molecule has 1 atom stereocenters. The lowest BCUT2D eigenvalue weighted by Crippen LogP contribution is -2.40. The number of nitrogens with zero attached hydrogens (tertiary/aromatic N) is 5. The van der Waals surface area contributed by atoms with Crippen molar-refractivity contribution in [1.29, 1.82) is 0 Å². The van der Waals surface area contributed by atoms with Crippen molar-refractivity contribution in [2.45, 2.75) is 42.9 Å². The van der Waals surface area contributed by atoms with Crippen LogP contribution < -0.4 is 11.1 Å². The van der Waals surface area contributed by atoms with Crippen molar-refractivity contribution < 1.29 is 0 Å². The van der Waals surface area contributed by atoms with Gasteiger partial charge in [-0.2, -0.15) is 0 Å². The largest absolute Gasteiger partial charge is 0.382 e. The number of piperidine rings is 1. The van der Waals surface area contributed by atoms with Gasteiger partial charge in [0.05, 0.1) is 15.3 Å². The molecule has 35 heavy (non-hydrogen) atoms. The number of hydrogen-bond acceptors (Lipinski definition) is 9. The summed E-state index contributed by atoms with van der Waals surface area (Å²) in [6.45, 7) is 4.30. The fourth-order valence-electron chi connectivity index (χ4n) is 5.38. The zero-order chi connectivity index (χ0) is 24.2. The molecule has 1 aromatic rings. The number of halogens is 1. The van der Waals surface area contributed by atoms with Crippen molar-refractivity contribution in [2.24, 2.45) is 15.4 Å². The van der Waals surface area contributed by atoms with Gasteiger partial charge >= 0.3 is 0 Å². The second kappa shape index (κ2) is 8.94. The molecular weight excluding hydrogens is 498 g/mol. The van der Waals surface area contributed by atoms with E-state index in [1.165, 1.54) is 43.1 Å². The number of hydrogen-bond donors (Lipinski definition) is 2. The van der Waals surface area contributed by atoms with Crippen LogP contribution >= 0.6 is 35.1 Å². The Balaban J connectivity index is 1.18. The molecule has 4 aliphatic heterocycles. The van der Waals surface area contributed by atoms with Gasteiger partial charge in [0.2, 0.25) is 0 Å². The first-order chi connectivity index (χ1) is 16.9. The molecule has 0 saturated carbocycles. The zero-order valence-corrected chi connectivity index (χ0v) is 22.2. The number of aromatic nitrogens is 1. The van der Waals surface area contributed by atoms with E-state index >= 15 is 0 Å². The molecule has 1 fully saturated rings. The number of pyridine rings is 1. The molecule has 0 radical (unpaired) electrons. The van der Waals surface area contributed by atoms with E-state index in [0.29, 0.717) is 21.6 Å². The Labute approximate surface area is 219 Å². The number of aliphatic imine (C=N–C) groups is 2. The number of allylic oxidation sites excluding steroid dienone is 4. The molecular formula is C25H28ClN7S2. The summed E-state index contributed by atoms with van der Waals surface area (Å²) in [4.78, 5) is 21.8. The summed E-state index contributed by atoms with van der Waals surface area (Å²) in [5.74, 6) is 3.03. The monoisotopic (exact) mass is 525 g/mol. The number of amidine groups is 1. The molecule has 0 amide bonds. The van der Waals surface area contributed by atoms with Gasteiger partial charge in [0, 0.05) is 48.0 Å². The number of anilines is 1. The third kappa shape index (κ3) is 4.27. The number of thioether (sulfide) groups is 2. The molecule has 1 aliphatic carbocycles. The third-order valence-electron chi connectivity index (χ3n) is 7.28. The van der Waals surface area contributed by atoms with E-state index in [1.54, 1.807) is 11.1 Å². The van der Waals surface area contributed by atoms with Gasteiger partial charge in [-0.15, -0.1) is 11.8 Å². The quantitative estimate of drug-likeness (QED) is 0.563. The number of rotatable bonds is 3. The van der Waals surface area contributed by atoms with Crippen LogP contribution in [0.15, 0.2) is 72.5 Å². The zero-order valence-electron chi connectivity index (χ0n) is 19.8. The summed E-state index contributed by atoms with van der Waals surface area (Å²) >= 11 is 9.92. The molecule has 182 valence electrons. The highest BCUT2D eigenvalue weighted by atomic mass is 35.5. The second-order valence-corrected chi connectivity index (χ2v) is 12.5. The fourth-order valence-corrected chi connectivity index (χ4v) is 7.87. The normalized spacial score (nSPS) is 24.9. The Hall–Kier alpha value is -2.36. The van der Waals surface area contributed by atoms with E-state index in [4.69, 9.17) is 27.3 Å². The van der Waals surface area contributed by atoms with Gasteiger partial charge in [-0.1, -0.05) is 23.4 Å². The van der Waals surface area contributed by atoms with Crippen LogP contribution in [0.3, 0.4) is 0 Å². The van der Waals surface area contributed by atoms with Gasteiger partial charge in [0.25, 0.3) is 0 Å². The lowest BCUT2D eigenvalue weighted by atomic mass is 9.76. The predicted molar refractivity (Wildman–Crippen MR) is 147 cm³/mol. The predicted octanol–water partition coefficient (Wildman–Crippen LogP) is 5.17. The summed E-state index contributed by atoms with van der Waals surface area (Å²) in [7, 11) is 2.00. The highest BCUT2D eigenvalue weighted by molar-refractivity contribution is 8.04. The summed E-state index contributed by atoms with van der Waals surface area (Å²) in [5.41, 5.74) is 7.81. The average molecular weight is 526 g/mol. The van der Waals surface area contributed by atoms with Gasteiger partial charge in [0.1, 0.15) is 23.3 Å². The molecule has 1 saturated heterocycles. The lowest BCUT2D eigenvalue weighted by molar-refractivity contribution is 0.134. The molecule has 10 heteroatoms. The van der Waals surface area contributed by atoms with Crippen LogP contribution in [-0.2, 0) is 0 Å². The SMILES string of the molecule is CC1NC2=C(CC3(CCN(C4=CC=NC5=C(Sc6ccnc(N)c6Cl)C=CC(=N4)N5C)CC3)C2)S1. The molecule has 0 aromatic carbocycles. The van der Waals surface area contributed by atoms with E-state index < -0.39 is 0 Å². The van der Waals surface area contributed by atoms with Crippen LogP contribution in [0, 0.1) is 5.41 Å². The van der Waals surface area contributed by atoms with Crippen LogP contribution in [-0.4, -0.2) is 52.3 Å². The van der Waals surface area contributed by atoms with Crippen LogP contribution in [0.1, 0.15) is 32.6 Å². The number of likely N-dealkylation sites (N-methyl/N-ethyl adjacent to an activating group) is 1. The molecule has 1 spiro atoms. The fraction of sp³-hybridized carbons (Fsp3) is 0.400. The van der Waals surface area contributed by atoms with Gasteiger partial charge in [-0.3, -0.25) is 0 Å². The number of nitrogens with two attached hydrogens (primary N) is 1. The maximum absolute atomic E-state index is 6.37. The minimum Gasteiger partial charge on any atom is -0.382 e. The van der Waals surface area contributed by atoms with Crippen molar-refractivity contribution in [3.63, 3.8) is 0 Å². The molecule has 2 bridgehead atoms. The smallest absolute Gasteiger partial charge is 0.147 e. The van der Waals surface area contributed by atoms with Crippen LogP contribution in [0.4, 0.5) is 5.82 Å². The summed E-state index contributed by atoms with van der Waals surface area (Å²) < 4.78 is 0. The summed E-state index contributed by atoms with van der Waals surface area (Å²) in [6, 6.07) is 1.87. The molecule has 5 aliphatic rings. The Morgan fingerprint density at radius 3 is 2.89 bits per heavy atom. The third-order valence-corrected chi connectivity index (χ3v) is 10.0. The van der Waals surface area contributed by atoms with Crippen molar-refractivity contribution in [2.75, 3.05) is 25.9 Å². The molecule has 3 N–H and O–H groups in total. The maximum Gasteiger partial charge on any atom is 0.147 e. The van der Waals surface area contributed by atoms with E-state index in [2.05, 4.69) is 28.2 Å². The van der Waals surface area contributed by atoms with Crippen LogP contribution in [0.2, 0.25) is 5.02 Å². The Morgan fingerprint density at radius 1 is 1.26 bits per heavy atom. The summed E-state index contributed by atoms with van der Waals surface area (Å²) in [6.07, 6.45) is 14.5. The first kappa shape index (κ1) is 23.1. The van der Waals surface area contributed by atoms with Gasteiger partial charge in [-0.05, 0) is 62.3 Å². The van der Waals surface area contributed by atoms with Crippen LogP contribution in [0.25, 0.3) is 0 Å². The number of nitrogen functional groups attached to an aromatic ring is 1. The first-order valence-electron chi connectivity index (χ1n) is 11.9. The highest BCUT2D eigenvalue weighted by Gasteiger charge is 2.44. The van der Waals surface area contributed by atoms with Crippen molar-refractivity contribution in [3.05, 3.63) is 62.7 Å². The maximum atomic E-state index is 6.37. The number of nitrogens with one attached hydrogen (secondary N) is 1. The second-order valence-electron chi connectivity index (χ2n) is 9.61. The minimum atomic E-state index is 0.331. The van der Waals surface area contributed by atoms with Crippen molar-refractivity contribution >= 4 is 53.0 Å². The Kier molecular flexibility index (Phi) is 5.89. The molecule has 6 rings (SSSR count). The lowest BCUT2D eigenvalue weighted by Gasteiger charge is -2.41. The highest BCUT2D eigenvalue weighted by Crippen LogP contribution is 2.54. The summed E-state index contributed by atoms with van der Waals surface area (Å²) in [5, 5.41) is 4.67. The Bertz CT molecular complexity index is 1230. The Morgan fingerprint density at radius 2 is 2.09 bits per heavy atom. The van der Waals surface area contributed by atoms with E-state index in [0.717, 1.165) is 40.4 Å². The van der Waals surface area contributed by atoms with Gasteiger partial charge in [-0.25, -0.2) is 15.0 Å².